The molecule has 0 fully saturated rings. The number of benzene rings is 2. The molecule has 0 saturated carbocycles. The molecule has 0 bridgehead atoms. The van der Waals surface area contributed by atoms with Crippen LogP contribution in [0.1, 0.15) is 20.3 Å². The summed E-state index contributed by atoms with van der Waals surface area (Å²) >= 11 is 0. The van der Waals surface area contributed by atoms with Crippen molar-refractivity contribution in [3.63, 3.8) is 0 Å². The molecule has 0 aliphatic heterocycles. The van der Waals surface area contributed by atoms with Crippen LogP contribution in [0.15, 0.2) is 83.0 Å². The third-order valence-electron chi connectivity index (χ3n) is 1.51. The SMILES string of the molecule is CCC.CN=[N+]=[N-].CN=[N+]=[N-].CS(=O)(=O)[O-].C[S-](=O)=O.[Na+].[Na+].[OH-].c1ccccc1.c1ccccc1. The van der Waals surface area contributed by atoms with Gasteiger partial charge >= 0.3 is 59.1 Å². The van der Waals surface area contributed by atoms with Gasteiger partial charge in [0.25, 0.3) is 0 Å². The van der Waals surface area contributed by atoms with Gasteiger partial charge in [-0.05, 0) is 11.1 Å². The first-order valence-corrected chi connectivity index (χ1v) is 12.1. The van der Waals surface area contributed by atoms with E-state index in [1.54, 1.807) is 0 Å². The van der Waals surface area contributed by atoms with Crippen LogP contribution in [-0.4, -0.2) is 45.1 Å². The Morgan fingerprint density at radius 3 is 0.829 bits per heavy atom. The molecule has 0 radical (unpaired) electrons. The van der Waals surface area contributed by atoms with Gasteiger partial charge < -0.3 is 18.4 Å². The molecular formula is C19H33N6Na2O6S2-. The second-order valence-electron chi connectivity index (χ2n) is 4.70. The van der Waals surface area contributed by atoms with E-state index in [0.29, 0.717) is 6.26 Å². The normalized spacial score (nSPS) is 6.86. The number of hydrogen-bond donors (Lipinski definition) is 0. The molecule has 0 saturated heterocycles. The molecule has 0 aliphatic rings. The van der Waals surface area contributed by atoms with Crippen LogP contribution in [-0.2, 0) is 29.2 Å². The topological polar surface area (TPSA) is 219 Å². The van der Waals surface area contributed by atoms with Crippen LogP contribution in [0.3, 0.4) is 0 Å². The summed E-state index contributed by atoms with van der Waals surface area (Å²) in [5.41, 5.74) is 14.7. The minimum Gasteiger partial charge on any atom is -0.870 e. The van der Waals surface area contributed by atoms with Crippen molar-refractivity contribution < 1.29 is 86.0 Å². The van der Waals surface area contributed by atoms with Crippen molar-refractivity contribution in [2.75, 3.05) is 26.6 Å². The molecule has 2 aromatic carbocycles. The maximum Gasteiger partial charge on any atom is 1.00 e. The summed E-state index contributed by atoms with van der Waals surface area (Å²) in [6.07, 6.45) is 2.94. The Morgan fingerprint density at radius 1 is 0.743 bits per heavy atom. The fourth-order valence-corrected chi connectivity index (χ4v) is 0.770. The molecule has 2 rings (SSSR count). The van der Waals surface area contributed by atoms with Crippen molar-refractivity contribution in [2.24, 2.45) is 10.2 Å². The predicted molar refractivity (Wildman–Crippen MR) is 131 cm³/mol. The van der Waals surface area contributed by atoms with E-state index in [2.05, 4.69) is 33.9 Å². The van der Waals surface area contributed by atoms with Crippen molar-refractivity contribution in [1.29, 1.82) is 0 Å². The van der Waals surface area contributed by atoms with Gasteiger partial charge in [-0.25, -0.2) is 8.42 Å². The van der Waals surface area contributed by atoms with Crippen molar-refractivity contribution >= 4 is 20.8 Å². The van der Waals surface area contributed by atoms with E-state index >= 15 is 0 Å². The molecule has 0 amide bonds. The Kier molecular flexibility index (Phi) is 84.3. The van der Waals surface area contributed by atoms with Crippen LogP contribution >= 0.6 is 0 Å². The van der Waals surface area contributed by atoms with Gasteiger partial charge in [0.2, 0.25) is 0 Å². The van der Waals surface area contributed by atoms with Gasteiger partial charge in [-0.3, -0.25) is 0 Å². The molecule has 0 spiro atoms. The summed E-state index contributed by atoms with van der Waals surface area (Å²) in [5, 5.41) is 5.83. The predicted octanol–water partition coefficient (Wildman–Crippen LogP) is -0.439. The Balaban J connectivity index is -0.0000000405. The molecule has 0 aliphatic carbocycles. The maximum absolute atomic E-state index is 9.08. The van der Waals surface area contributed by atoms with E-state index in [1.165, 1.54) is 20.5 Å². The summed E-state index contributed by atoms with van der Waals surface area (Å²) in [5.74, 6) is 0. The molecular weight excluding hydrogens is 518 g/mol. The molecule has 0 atom stereocenters. The first-order chi connectivity index (χ1) is 15.0. The largest absolute Gasteiger partial charge is 1.00 e. The van der Waals surface area contributed by atoms with Crippen LogP contribution in [0.2, 0.25) is 0 Å². The van der Waals surface area contributed by atoms with E-state index in [0.717, 1.165) is 6.26 Å². The summed E-state index contributed by atoms with van der Waals surface area (Å²) in [6, 6.07) is 24.0. The van der Waals surface area contributed by atoms with Crippen LogP contribution in [0.25, 0.3) is 20.9 Å². The maximum atomic E-state index is 9.08. The molecule has 190 valence electrons. The summed E-state index contributed by atoms with van der Waals surface area (Å²) in [7, 11) is -3.00. The molecule has 2 aromatic rings. The minimum atomic E-state index is -3.92. The second kappa shape index (κ2) is 54.0. The molecule has 1 N–H and O–H groups in total. The first kappa shape index (κ1) is 54.7. The summed E-state index contributed by atoms with van der Waals surface area (Å²) in [4.78, 5) is 4.72. The van der Waals surface area contributed by atoms with Crippen molar-refractivity contribution in [2.45, 2.75) is 20.3 Å². The van der Waals surface area contributed by atoms with Gasteiger partial charge in [0.05, 0.1) is 10.1 Å². The van der Waals surface area contributed by atoms with E-state index in [9.17, 15) is 0 Å². The fourth-order valence-electron chi connectivity index (χ4n) is 0.770. The molecule has 0 unspecified atom stereocenters. The van der Waals surface area contributed by atoms with E-state index in [-0.39, 0.29) is 64.6 Å². The number of azide groups is 2. The van der Waals surface area contributed by atoms with Crippen molar-refractivity contribution in [1.82, 2.24) is 0 Å². The number of hydrogen-bond acceptors (Lipinski definition) is 9. The average Bonchev–Trinajstić information content (AvgIpc) is 2.76. The van der Waals surface area contributed by atoms with Crippen molar-refractivity contribution in [3.8, 4) is 0 Å². The van der Waals surface area contributed by atoms with Gasteiger partial charge in [0, 0.05) is 30.2 Å². The van der Waals surface area contributed by atoms with Gasteiger partial charge in [-0.1, -0.05) is 120 Å². The summed E-state index contributed by atoms with van der Waals surface area (Å²) < 4.78 is 45.2. The van der Waals surface area contributed by atoms with Crippen LogP contribution < -0.4 is 59.1 Å². The fraction of sp³-hybridized carbons (Fsp3) is 0.368. The number of nitrogens with zero attached hydrogens (tertiary/aromatic N) is 6. The molecule has 0 aromatic heterocycles. The quantitative estimate of drug-likeness (QED) is 0.105. The van der Waals surface area contributed by atoms with Gasteiger partial charge in [-0.15, -0.1) is 0 Å². The van der Waals surface area contributed by atoms with E-state index in [4.69, 9.17) is 32.5 Å². The van der Waals surface area contributed by atoms with E-state index in [1.807, 2.05) is 72.8 Å². The van der Waals surface area contributed by atoms with E-state index < -0.39 is 20.8 Å². The third kappa shape index (κ3) is 189. The Hall–Kier alpha value is -1.12. The zero-order valence-corrected chi connectivity index (χ0v) is 27.3. The smallest absolute Gasteiger partial charge is 0.870 e. The monoisotopic (exact) mass is 551 g/mol. The van der Waals surface area contributed by atoms with Gasteiger partial charge in [-0.2, -0.15) is 0 Å². The van der Waals surface area contributed by atoms with Gasteiger partial charge in [0.15, 0.2) is 0 Å². The Bertz CT molecular complexity index is 749. The van der Waals surface area contributed by atoms with Crippen molar-refractivity contribution in [3.05, 3.63) is 93.7 Å². The molecule has 0 heterocycles. The standard InChI is InChI=1S/2C6H6.C3H8.2CH3N3.CH4O3S.CH3O2S.2Na.H2O/c2*1-2-4-6-5-3-1;1-3-2;2*1-3-4-2;1-5(2,3)4;1-4(2)3;;;/h2*1-6H;3H2,1-2H3;2*1H3;1H3,(H,2,3,4);1H3;;;1H2/q;;;;;;-1;2*+1;/p-2. The second-order valence-corrected chi connectivity index (χ2v) is 6.91. The Morgan fingerprint density at radius 2 is 0.800 bits per heavy atom. The van der Waals surface area contributed by atoms with Crippen LogP contribution in [0.4, 0.5) is 0 Å². The molecule has 16 heteroatoms. The minimum absolute atomic E-state index is 0. The first-order valence-electron chi connectivity index (χ1n) is 8.76. The zero-order chi connectivity index (χ0) is 26.1. The average molecular weight is 552 g/mol. The molecule has 12 nitrogen and oxygen atoms in total. The summed E-state index contributed by atoms with van der Waals surface area (Å²) in [6.45, 7) is 4.25. The van der Waals surface area contributed by atoms with Gasteiger partial charge in [0.1, 0.15) is 0 Å². The number of rotatable bonds is 0. The van der Waals surface area contributed by atoms with Crippen LogP contribution in [0, 0.1) is 0 Å². The zero-order valence-electron chi connectivity index (χ0n) is 21.6. The Labute approximate surface area is 255 Å². The molecule has 35 heavy (non-hydrogen) atoms. The third-order valence-corrected chi connectivity index (χ3v) is 1.51. The van der Waals surface area contributed by atoms with Crippen LogP contribution in [0.5, 0.6) is 0 Å².